The predicted octanol–water partition coefficient (Wildman–Crippen LogP) is 2.77. The molecular weight excluding hydrogens is 333 g/mol. The van der Waals surface area contributed by atoms with E-state index in [1.54, 1.807) is 18.2 Å². The minimum atomic E-state index is -0.232. The molecule has 21 heavy (non-hydrogen) atoms. The van der Waals surface area contributed by atoms with Gasteiger partial charge in [0.05, 0.1) is 10.7 Å². The summed E-state index contributed by atoms with van der Waals surface area (Å²) in [5.74, 6) is 0.188. The SMILES string of the molecule is Nc1nc(CCNC(=O)COc2ccc(Cl)cc2Cl)cs1. The fraction of sp³-hybridized carbons (Fsp3) is 0.231. The van der Waals surface area contributed by atoms with Gasteiger partial charge in [0.25, 0.3) is 5.91 Å². The monoisotopic (exact) mass is 345 g/mol. The molecule has 0 aliphatic heterocycles. The van der Waals surface area contributed by atoms with E-state index in [4.69, 9.17) is 33.7 Å². The highest BCUT2D eigenvalue weighted by atomic mass is 35.5. The molecule has 8 heteroatoms. The number of rotatable bonds is 6. The van der Waals surface area contributed by atoms with Gasteiger partial charge in [0, 0.05) is 23.4 Å². The zero-order valence-corrected chi connectivity index (χ0v) is 13.3. The molecule has 0 atom stereocenters. The van der Waals surface area contributed by atoms with Gasteiger partial charge in [-0.2, -0.15) is 0 Å². The number of carbonyl (C=O) groups excluding carboxylic acids is 1. The van der Waals surface area contributed by atoms with Gasteiger partial charge >= 0.3 is 0 Å². The van der Waals surface area contributed by atoms with E-state index >= 15 is 0 Å². The van der Waals surface area contributed by atoms with E-state index < -0.39 is 0 Å². The Morgan fingerprint density at radius 3 is 2.90 bits per heavy atom. The number of ether oxygens (including phenoxy) is 1. The van der Waals surface area contributed by atoms with Gasteiger partial charge < -0.3 is 15.8 Å². The minimum Gasteiger partial charge on any atom is -0.482 e. The van der Waals surface area contributed by atoms with Gasteiger partial charge in [-0.05, 0) is 18.2 Å². The Kier molecular flexibility index (Phi) is 5.67. The van der Waals surface area contributed by atoms with Crippen molar-refractivity contribution in [1.82, 2.24) is 10.3 Å². The largest absolute Gasteiger partial charge is 0.482 e. The first kappa shape index (κ1) is 15.9. The number of halogens is 2. The standard InChI is InChI=1S/C13H13Cl2N3O2S/c14-8-1-2-11(10(15)5-8)20-6-12(19)17-4-3-9-7-21-13(16)18-9/h1-2,5,7H,3-4,6H2,(H2,16,18)(H,17,19). The first-order valence-electron chi connectivity index (χ1n) is 6.09. The highest BCUT2D eigenvalue weighted by Crippen LogP contribution is 2.27. The first-order valence-corrected chi connectivity index (χ1v) is 7.72. The molecule has 0 aliphatic carbocycles. The molecule has 1 heterocycles. The average molecular weight is 346 g/mol. The van der Waals surface area contributed by atoms with Crippen LogP contribution in [0.2, 0.25) is 10.0 Å². The van der Waals surface area contributed by atoms with Gasteiger partial charge in [-0.25, -0.2) is 4.98 Å². The lowest BCUT2D eigenvalue weighted by Crippen LogP contribution is -2.30. The lowest BCUT2D eigenvalue weighted by Gasteiger charge is -2.08. The summed E-state index contributed by atoms with van der Waals surface area (Å²) >= 11 is 13.1. The highest BCUT2D eigenvalue weighted by molar-refractivity contribution is 7.13. The maximum Gasteiger partial charge on any atom is 0.257 e. The number of amides is 1. The van der Waals surface area contributed by atoms with Crippen molar-refractivity contribution in [2.45, 2.75) is 6.42 Å². The summed E-state index contributed by atoms with van der Waals surface area (Å²) in [6.07, 6.45) is 0.626. The molecular formula is C13H13Cl2N3O2S. The Hall–Kier alpha value is -1.50. The van der Waals surface area contributed by atoms with Crippen molar-refractivity contribution in [2.24, 2.45) is 0 Å². The molecule has 0 bridgehead atoms. The molecule has 0 saturated carbocycles. The lowest BCUT2D eigenvalue weighted by molar-refractivity contribution is -0.123. The molecule has 112 valence electrons. The number of thiazole rings is 1. The third kappa shape index (κ3) is 5.08. The topological polar surface area (TPSA) is 77.2 Å². The molecule has 0 spiro atoms. The molecule has 1 aromatic carbocycles. The summed E-state index contributed by atoms with van der Waals surface area (Å²) < 4.78 is 5.32. The summed E-state index contributed by atoms with van der Waals surface area (Å²) in [7, 11) is 0. The van der Waals surface area contributed by atoms with Crippen LogP contribution in [0.4, 0.5) is 5.13 Å². The zero-order chi connectivity index (χ0) is 15.2. The van der Waals surface area contributed by atoms with E-state index in [1.807, 2.05) is 5.38 Å². The molecule has 2 rings (SSSR count). The van der Waals surface area contributed by atoms with Crippen LogP contribution in [0.15, 0.2) is 23.6 Å². The molecule has 0 radical (unpaired) electrons. The number of nitrogens with one attached hydrogen (secondary N) is 1. The number of benzene rings is 1. The lowest BCUT2D eigenvalue weighted by atomic mass is 10.3. The number of nitrogen functional groups attached to an aromatic ring is 1. The second-order valence-electron chi connectivity index (χ2n) is 4.14. The van der Waals surface area contributed by atoms with Crippen molar-refractivity contribution in [3.8, 4) is 5.75 Å². The molecule has 5 nitrogen and oxygen atoms in total. The Balaban J connectivity index is 1.72. The normalized spacial score (nSPS) is 10.4. The fourth-order valence-electron chi connectivity index (χ4n) is 1.55. The fourth-order valence-corrected chi connectivity index (χ4v) is 2.61. The van der Waals surface area contributed by atoms with E-state index in [2.05, 4.69) is 10.3 Å². The van der Waals surface area contributed by atoms with Gasteiger partial charge in [0.1, 0.15) is 5.75 Å². The number of nitrogens with two attached hydrogens (primary N) is 1. The molecule has 3 N–H and O–H groups in total. The smallest absolute Gasteiger partial charge is 0.257 e. The van der Waals surface area contributed by atoms with Gasteiger partial charge in [-0.1, -0.05) is 23.2 Å². The second kappa shape index (κ2) is 7.49. The Morgan fingerprint density at radius 1 is 1.43 bits per heavy atom. The number of carbonyl (C=O) groups is 1. The van der Waals surface area contributed by atoms with Crippen LogP contribution in [0, 0.1) is 0 Å². The van der Waals surface area contributed by atoms with Crippen LogP contribution in [0.25, 0.3) is 0 Å². The highest BCUT2D eigenvalue weighted by Gasteiger charge is 2.06. The number of hydrogen-bond donors (Lipinski definition) is 2. The Morgan fingerprint density at radius 2 is 2.24 bits per heavy atom. The Labute approximate surface area is 136 Å². The predicted molar refractivity (Wildman–Crippen MR) is 85.2 cm³/mol. The van der Waals surface area contributed by atoms with Crippen molar-refractivity contribution in [3.63, 3.8) is 0 Å². The van der Waals surface area contributed by atoms with Gasteiger partial charge in [-0.15, -0.1) is 11.3 Å². The Bertz CT molecular complexity index is 634. The summed E-state index contributed by atoms with van der Waals surface area (Å²) in [5.41, 5.74) is 6.39. The second-order valence-corrected chi connectivity index (χ2v) is 5.87. The van der Waals surface area contributed by atoms with Crippen LogP contribution < -0.4 is 15.8 Å². The quantitative estimate of drug-likeness (QED) is 0.843. The summed E-state index contributed by atoms with van der Waals surface area (Å²) in [6.45, 7) is 0.361. The minimum absolute atomic E-state index is 0.111. The van der Waals surface area contributed by atoms with E-state index in [0.717, 1.165) is 5.69 Å². The van der Waals surface area contributed by atoms with Crippen LogP contribution in [0.3, 0.4) is 0 Å². The van der Waals surface area contributed by atoms with Crippen LogP contribution >= 0.6 is 34.5 Å². The summed E-state index contributed by atoms with van der Waals surface area (Å²) in [4.78, 5) is 15.7. The van der Waals surface area contributed by atoms with E-state index in [1.165, 1.54) is 11.3 Å². The maximum atomic E-state index is 11.6. The number of nitrogens with zero attached hydrogens (tertiary/aromatic N) is 1. The van der Waals surface area contributed by atoms with Crippen LogP contribution in [-0.4, -0.2) is 24.0 Å². The van der Waals surface area contributed by atoms with Gasteiger partial charge in [0.2, 0.25) is 0 Å². The van der Waals surface area contributed by atoms with E-state index in [-0.39, 0.29) is 12.5 Å². The van der Waals surface area contributed by atoms with Crippen molar-refractivity contribution < 1.29 is 9.53 Å². The van der Waals surface area contributed by atoms with E-state index in [9.17, 15) is 4.79 Å². The first-order chi connectivity index (χ1) is 10.0. The molecule has 1 aromatic heterocycles. The molecule has 0 saturated heterocycles. The average Bonchev–Trinajstić information content (AvgIpc) is 2.83. The van der Waals surface area contributed by atoms with E-state index in [0.29, 0.717) is 33.9 Å². The number of aromatic nitrogens is 1. The van der Waals surface area contributed by atoms with Gasteiger partial charge in [0.15, 0.2) is 11.7 Å². The summed E-state index contributed by atoms with van der Waals surface area (Å²) in [5, 5.41) is 6.01. The van der Waals surface area contributed by atoms with Crippen molar-refractivity contribution in [3.05, 3.63) is 39.3 Å². The third-order valence-electron chi connectivity index (χ3n) is 2.53. The molecule has 1 amide bonds. The molecule has 0 unspecified atom stereocenters. The maximum absolute atomic E-state index is 11.6. The van der Waals surface area contributed by atoms with Crippen molar-refractivity contribution in [2.75, 3.05) is 18.9 Å². The zero-order valence-electron chi connectivity index (χ0n) is 10.9. The van der Waals surface area contributed by atoms with Crippen molar-refractivity contribution >= 4 is 45.6 Å². The van der Waals surface area contributed by atoms with Crippen LogP contribution in [-0.2, 0) is 11.2 Å². The van der Waals surface area contributed by atoms with Crippen LogP contribution in [0.1, 0.15) is 5.69 Å². The summed E-state index contributed by atoms with van der Waals surface area (Å²) in [6, 6.07) is 4.83. The number of hydrogen-bond acceptors (Lipinski definition) is 5. The number of anilines is 1. The van der Waals surface area contributed by atoms with Gasteiger partial charge in [-0.3, -0.25) is 4.79 Å². The molecule has 0 fully saturated rings. The van der Waals surface area contributed by atoms with Crippen molar-refractivity contribution in [1.29, 1.82) is 0 Å². The molecule has 2 aromatic rings. The third-order valence-corrected chi connectivity index (χ3v) is 3.78. The molecule has 0 aliphatic rings. The van der Waals surface area contributed by atoms with Crippen LogP contribution in [0.5, 0.6) is 5.75 Å².